The molecule has 0 spiro atoms. The molecule has 47 heavy (non-hydrogen) atoms. The predicted octanol–water partition coefficient (Wildman–Crippen LogP) is 7.32. The zero-order valence-electron chi connectivity index (χ0n) is 23.8. The van der Waals surface area contributed by atoms with Crippen molar-refractivity contribution < 1.29 is 144 Å². The molecule has 0 aromatic carbocycles. The van der Waals surface area contributed by atoms with E-state index in [4.69, 9.17) is 5.26 Å². The van der Waals surface area contributed by atoms with Crippen molar-refractivity contribution in [1.29, 1.82) is 5.26 Å². The number of aryl methyl sites for hydroxylation is 6. The van der Waals surface area contributed by atoms with E-state index >= 15 is 0 Å². The van der Waals surface area contributed by atoms with Gasteiger partial charge in [-0.25, -0.2) is 44.7 Å². The maximum atomic E-state index is 11.2. The third-order valence-electron chi connectivity index (χ3n) is 4.04. The zero-order chi connectivity index (χ0) is 31.3. The van der Waals surface area contributed by atoms with Crippen molar-refractivity contribution in [2.75, 3.05) is 0 Å². The quantitative estimate of drug-likeness (QED) is 0.0580. The van der Waals surface area contributed by atoms with E-state index in [-0.39, 0.29) is 128 Å². The summed E-state index contributed by atoms with van der Waals surface area (Å²) in [6, 6.07) is 16.2. The Morgan fingerprint density at radius 3 is 1.51 bits per heavy atom. The van der Waals surface area contributed by atoms with Gasteiger partial charge in [-0.05, 0) is 13.8 Å². The average Bonchev–Trinajstić information content (AvgIpc) is 2.85. The number of rotatable bonds is 0. The molecular formula is C30H39F6N4O4Y3-3. The second-order valence-electron chi connectivity index (χ2n) is 7.75. The van der Waals surface area contributed by atoms with Crippen molar-refractivity contribution >= 4 is 11.9 Å². The maximum Gasteiger partial charge on any atom is 0.491 e. The van der Waals surface area contributed by atoms with Gasteiger partial charge in [0.2, 0.25) is 0 Å². The molecule has 0 unspecified atom stereocenters. The molecule has 0 saturated heterocycles. The molecule has 0 atom stereocenters. The van der Waals surface area contributed by atoms with Crippen LogP contribution in [-0.4, -0.2) is 34.3 Å². The van der Waals surface area contributed by atoms with Crippen LogP contribution in [0.25, 0.3) is 0 Å². The molecule has 0 aliphatic rings. The minimum absolute atomic E-state index is 0. The third kappa shape index (κ3) is 29.4. The van der Waals surface area contributed by atoms with Gasteiger partial charge < -0.3 is 14.9 Å². The van der Waals surface area contributed by atoms with E-state index in [1.54, 1.807) is 19.1 Å². The van der Waals surface area contributed by atoms with Crippen molar-refractivity contribution in [1.82, 2.24) is 9.97 Å². The van der Waals surface area contributed by atoms with Gasteiger partial charge >= 0.3 is 24.3 Å². The summed E-state index contributed by atoms with van der Waals surface area (Å²) in [5.74, 6) is -6.40. The van der Waals surface area contributed by atoms with E-state index in [1.807, 2.05) is 53.0 Å². The summed E-state index contributed by atoms with van der Waals surface area (Å²) in [6.45, 7) is 11.2. The number of pyridine rings is 3. The molecule has 3 rings (SSSR count). The van der Waals surface area contributed by atoms with E-state index in [2.05, 4.69) is 32.9 Å². The van der Waals surface area contributed by atoms with Crippen LogP contribution in [0.3, 0.4) is 0 Å². The summed E-state index contributed by atoms with van der Waals surface area (Å²) in [4.78, 5) is 27.3. The van der Waals surface area contributed by atoms with Gasteiger partial charge in [0, 0.05) is 105 Å². The van der Waals surface area contributed by atoms with E-state index in [1.165, 1.54) is 6.20 Å². The van der Waals surface area contributed by atoms with Gasteiger partial charge in [-0.3, -0.25) is 4.98 Å². The zero-order valence-corrected chi connectivity index (χ0v) is 32.3. The van der Waals surface area contributed by atoms with Crippen LogP contribution >= 0.6 is 0 Å². The molecule has 0 amide bonds. The van der Waals surface area contributed by atoms with Crippen molar-refractivity contribution in [3.63, 3.8) is 0 Å². The Bertz CT molecular complexity index is 1290. The van der Waals surface area contributed by atoms with Crippen molar-refractivity contribution in [2.24, 2.45) is 0 Å². The first-order valence-electron chi connectivity index (χ1n) is 10.8. The Labute approximate surface area is 350 Å². The standard InChI is InChI=1S/C8H7N2.C7H8NO.C7H8N.C4F6O3.4CH4.3Y/c1-6-3-4-7(2)10-8(6)5-9;1-6-3-4-7(2)8(9)5-6;1-6-3-4-7(2)8-5-6;5-3(6,7)1(11)13-2(12)4(8,9)10;;;;;;;/h3H,1-2H3;3,5H,1-2H3;3,5H,1-2H3;;4*1H4;;;/q3*-1;;;;;;;;. The number of hydrogen-bond donors (Lipinski definition) is 0. The topological polar surface area (TPSA) is 120 Å². The molecule has 3 aromatic heterocycles. The molecule has 0 aliphatic heterocycles. The summed E-state index contributed by atoms with van der Waals surface area (Å²) in [7, 11) is 0. The van der Waals surface area contributed by atoms with E-state index in [9.17, 15) is 41.1 Å². The van der Waals surface area contributed by atoms with Crippen LogP contribution in [0.1, 0.15) is 69.2 Å². The molecule has 17 heteroatoms. The van der Waals surface area contributed by atoms with Crippen LogP contribution in [0.5, 0.6) is 0 Å². The van der Waals surface area contributed by atoms with Gasteiger partial charge in [-0.15, -0.1) is 26.3 Å². The van der Waals surface area contributed by atoms with Crippen LogP contribution < -0.4 is 4.73 Å². The molecule has 0 bridgehead atoms. The number of nitrogens with zero attached hydrogens (tertiary/aromatic N) is 4. The number of halogens is 6. The Morgan fingerprint density at radius 2 is 1.21 bits per heavy atom. The molecule has 0 N–H and O–H groups in total. The number of nitriles is 1. The normalized spacial score (nSPS) is 8.74. The molecule has 0 aliphatic carbocycles. The number of carbonyl (C=O) groups excluding carboxylic acids is 2. The first-order chi connectivity index (χ1) is 18.3. The minimum Gasteiger partial charge on any atom is -0.621 e. The number of aromatic nitrogens is 3. The Morgan fingerprint density at radius 1 is 0.787 bits per heavy atom. The van der Waals surface area contributed by atoms with Gasteiger partial charge in [0.15, 0.2) is 0 Å². The third-order valence-corrected chi connectivity index (χ3v) is 4.04. The number of esters is 2. The van der Waals surface area contributed by atoms with Gasteiger partial charge in [-0.2, -0.15) is 48.8 Å². The number of alkyl halides is 6. The van der Waals surface area contributed by atoms with Gasteiger partial charge in [0.1, 0.15) is 6.20 Å². The molecule has 8 nitrogen and oxygen atoms in total. The molecule has 257 valence electrons. The Kier molecular flexibility index (Phi) is 42.1. The first-order valence-corrected chi connectivity index (χ1v) is 10.8. The SMILES string of the molecule is C.C.C.C.Cc1[c-]cc(C)c(C#N)n1.Cc1c[c-]c(C)[n+]([O-])c1.Cc1c[c-]c(C)nc1.O=C(OC(=O)C(F)(F)F)C(F)(F)F.[Y].[Y].[Y]. The number of carbonyl (C=O) groups is 2. The van der Waals surface area contributed by atoms with Crippen molar-refractivity contribution in [2.45, 2.75) is 83.6 Å². The predicted molar refractivity (Wildman–Crippen MR) is 154 cm³/mol. The molecule has 0 fully saturated rings. The second-order valence-corrected chi connectivity index (χ2v) is 7.75. The van der Waals surface area contributed by atoms with E-state index in [0.29, 0.717) is 11.4 Å². The fraction of sp³-hybridized carbons (Fsp3) is 0.400. The Balaban J connectivity index is -0.0000000692. The molecule has 0 saturated carbocycles. The fourth-order valence-electron chi connectivity index (χ4n) is 1.97. The summed E-state index contributed by atoms with van der Waals surface area (Å²) >= 11 is 0. The van der Waals surface area contributed by atoms with Crippen LogP contribution in [0.4, 0.5) is 26.3 Å². The smallest absolute Gasteiger partial charge is 0.491 e. The summed E-state index contributed by atoms with van der Waals surface area (Å²) in [5, 5.41) is 19.2. The van der Waals surface area contributed by atoms with Gasteiger partial charge in [-0.1, -0.05) is 47.3 Å². The van der Waals surface area contributed by atoms with Crippen LogP contribution in [0.15, 0.2) is 30.6 Å². The van der Waals surface area contributed by atoms with Gasteiger partial charge in [0.05, 0.1) is 17.5 Å². The fourth-order valence-corrected chi connectivity index (χ4v) is 1.97. The summed E-state index contributed by atoms with van der Waals surface area (Å²) in [6.07, 6.45) is -7.88. The van der Waals surface area contributed by atoms with E-state index < -0.39 is 24.3 Å². The molecule has 3 aromatic rings. The number of hydrogen-bond acceptors (Lipinski definition) is 7. The van der Waals surface area contributed by atoms with Crippen LogP contribution in [-0.2, 0) is 112 Å². The second kappa shape index (κ2) is 30.8. The minimum atomic E-state index is -5.62. The van der Waals surface area contributed by atoms with Crippen LogP contribution in [0, 0.1) is 76.3 Å². The average molecular weight is 900 g/mol. The van der Waals surface area contributed by atoms with E-state index in [0.717, 1.165) is 32.8 Å². The largest absolute Gasteiger partial charge is 0.621 e. The van der Waals surface area contributed by atoms with Crippen LogP contribution in [0.2, 0.25) is 0 Å². The molecular weight excluding hydrogens is 861 g/mol. The van der Waals surface area contributed by atoms with Gasteiger partial charge in [0.25, 0.3) is 0 Å². The van der Waals surface area contributed by atoms with Crippen molar-refractivity contribution in [3.05, 3.63) is 93.5 Å². The maximum absolute atomic E-state index is 11.2. The first kappa shape index (κ1) is 64.3. The van der Waals surface area contributed by atoms with Crippen molar-refractivity contribution in [3.8, 4) is 6.07 Å². The number of ether oxygens (including phenoxy) is 1. The summed E-state index contributed by atoms with van der Waals surface area (Å²) in [5.41, 5.74) is 5.81. The Hall–Kier alpha value is -1.23. The molecule has 3 radical (unpaired) electrons. The monoisotopic (exact) mass is 900 g/mol. The summed E-state index contributed by atoms with van der Waals surface area (Å²) < 4.78 is 70.5. The molecule has 3 heterocycles.